The molecule has 25 heavy (non-hydrogen) atoms. The van der Waals surface area contributed by atoms with E-state index < -0.39 is 12.0 Å². The van der Waals surface area contributed by atoms with Crippen molar-refractivity contribution < 1.29 is 15.0 Å². The Balaban J connectivity index is 1.86. The molecule has 0 amide bonds. The third-order valence-electron chi connectivity index (χ3n) is 4.02. The highest BCUT2D eigenvalue weighted by Crippen LogP contribution is 2.28. The lowest BCUT2D eigenvalue weighted by Crippen LogP contribution is -2.31. The second kappa shape index (κ2) is 7.53. The molecule has 126 valence electrons. The third kappa shape index (κ3) is 4.18. The van der Waals surface area contributed by atoms with E-state index in [9.17, 15) is 15.0 Å². The average molecular weight is 333 g/mol. The van der Waals surface area contributed by atoms with E-state index in [1.54, 1.807) is 24.3 Å². The van der Waals surface area contributed by atoms with Crippen LogP contribution in [0.1, 0.15) is 5.56 Å². The molecule has 0 unspecified atom stereocenters. The molecule has 0 radical (unpaired) electrons. The van der Waals surface area contributed by atoms with E-state index in [2.05, 4.69) is 5.32 Å². The molecule has 4 heteroatoms. The normalized spacial score (nSPS) is 11.7. The van der Waals surface area contributed by atoms with Crippen LogP contribution in [-0.4, -0.2) is 22.2 Å². The van der Waals surface area contributed by atoms with Crippen LogP contribution < -0.4 is 5.32 Å². The van der Waals surface area contributed by atoms with Crippen molar-refractivity contribution in [2.45, 2.75) is 12.5 Å². The smallest absolute Gasteiger partial charge is 0.326 e. The van der Waals surface area contributed by atoms with Crippen molar-refractivity contribution in [3.05, 3.63) is 84.4 Å². The molecule has 3 N–H and O–H groups in total. The number of carboxylic acid groups (broad SMARTS) is 1. The Kier molecular flexibility index (Phi) is 5.00. The van der Waals surface area contributed by atoms with Gasteiger partial charge in [-0.25, -0.2) is 4.79 Å². The van der Waals surface area contributed by atoms with Crippen LogP contribution in [0.2, 0.25) is 0 Å². The van der Waals surface area contributed by atoms with E-state index in [1.807, 2.05) is 54.6 Å². The lowest BCUT2D eigenvalue weighted by molar-refractivity contribution is -0.137. The summed E-state index contributed by atoms with van der Waals surface area (Å²) in [7, 11) is 0. The van der Waals surface area contributed by atoms with Crippen molar-refractivity contribution in [1.29, 1.82) is 0 Å². The molecule has 0 fully saturated rings. The summed E-state index contributed by atoms with van der Waals surface area (Å²) < 4.78 is 0. The van der Waals surface area contributed by atoms with Crippen LogP contribution in [0.15, 0.2) is 78.9 Å². The van der Waals surface area contributed by atoms with Crippen LogP contribution in [0, 0.1) is 0 Å². The standard InChI is InChI=1S/C21H19NO3/c23-17-12-10-15(11-13-17)14-20(21(24)25)22-19-9-5-4-8-18(19)16-6-2-1-3-7-16/h1-13,20,22-23H,14H2,(H,24,25)/t20-/m0/s1. The number of anilines is 1. The van der Waals surface area contributed by atoms with Gasteiger partial charge in [0.05, 0.1) is 0 Å². The Hall–Kier alpha value is -3.27. The van der Waals surface area contributed by atoms with Gasteiger partial charge in [0.25, 0.3) is 0 Å². The summed E-state index contributed by atoms with van der Waals surface area (Å²) in [5.74, 6) is -0.756. The summed E-state index contributed by atoms with van der Waals surface area (Å²) in [5.41, 5.74) is 3.61. The molecule has 0 aliphatic heterocycles. The number of hydrogen-bond donors (Lipinski definition) is 3. The fourth-order valence-electron chi connectivity index (χ4n) is 2.73. The van der Waals surface area contributed by atoms with Gasteiger partial charge < -0.3 is 15.5 Å². The van der Waals surface area contributed by atoms with Crippen LogP contribution in [-0.2, 0) is 11.2 Å². The lowest BCUT2D eigenvalue weighted by atomic mass is 10.0. The largest absolute Gasteiger partial charge is 0.508 e. The molecule has 0 bridgehead atoms. The van der Waals surface area contributed by atoms with Crippen molar-refractivity contribution in [3.8, 4) is 16.9 Å². The van der Waals surface area contributed by atoms with Gasteiger partial charge in [0.15, 0.2) is 0 Å². The summed E-state index contributed by atoms with van der Waals surface area (Å²) in [4.78, 5) is 11.7. The van der Waals surface area contributed by atoms with Crippen LogP contribution in [0.3, 0.4) is 0 Å². The number of aromatic hydroxyl groups is 1. The second-order valence-corrected chi connectivity index (χ2v) is 5.82. The summed E-state index contributed by atoms with van der Waals surface area (Å²) >= 11 is 0. The Labute approximate surface area is 146 Å². The summed E-state index contributed by atoms with van der Waals surface area (Å²) in [6.45, 7) is 0. The van der Waals surface area contributed by atoms with Crippen molar-refractivity contribution in [2.24, 2.45) is 0 Å². The van der Waals surface area contributed by atoms with Crippen LogP contribution in [0.4, 0.5) is 5.69 Å². The molecule has 4 nitrogen and oxygen atoms in total. The maximum atomic E-state index is 11.7. The van der Waals surface area contributed by atoms with Gasteiger partial charge >= 0.3 is 5.97 Å². The predicted octanol–water partition coefficient (Wildman–Crippen LogP) is 4.17. The Morgan fingerprint density at radius 2 is 1.52 bits per heavy atom. The first-order chi connectivity index (χ1) is 12.1. The highest BCUT2D eigenvalue weighted by atomic mass is 16.4. The SMILES string of the molecule is O=C(O)[C@H](Cc1ccc(O)cc1)Nc1ccccc1-c1ccccc1. The number of hydrogen-bond acceptors (Lipinski definition) is 3. The third-order valence-corrected chi connectivity index (χ3v) is 4.02. The second-order valence-electron chi connectivity index (χ2n) is 5.82. The minimum absolute atomic E-state index is 0.165. The van der Waals surface area contributed by atoms with Gasteiger partial charge in [0.1, 0.15) is 11.8 Å². The Morgan fingerprint density at radius 3 is 2.20 bits per heavy atom. The van der Waals surface area contributed by atoms with Crippen molar-refractivity contribution >= 4 is 11.7 Å². The predicted molar refractivity (Wildman–Crippen MR) is 98.7 cm³/mol. The molecule has 0 heterocycles. The Morgan fingerprint density at radius 1 is 0.880 bits per heavy atom. The van der Waals surface area contributed by atoms with Gasteiger partial charge in [-0.3, -0.25) is 0 Å². The van der Waals surface area contributed by atoms with E-state index in [-0.39, 0.29) is 5.75 Å². The quantitative estimate of drug-likeness (QED) is 0.633. The minimum Gasteiger partial charge on any atom is -0.508 e. The van der Waals surface area contributed by atoms with E-state index in [4.69, 9.17) is 0 Å². The van der Waals surface area contributed by atoms with Crippen molar-refractivity contribution in [1.82, 2.24) is 0 Å². The maximum Gasteiger partial charge on any atom is 0.326 e. The van der Waals surface area contributed by atoms with Gasteiger partial charge in [-0.15, -0.1) is 0 Å². The van der Waals surface area contributed by atoms with Gasteiger partial charge in [-0.1, -0.05) is 60.7 Å². The molecule has 0 saturated heterocycles. The first kappa shape index (κ1) is 16.6. The summed E-state index contributed by atoms with van der Waals surface area (Å²) in [6.07, 6.45) is 0.318. The zero-order valence-corrected chi connectivity index (χ0v) is 13.6. The lowest BCUT2D eigenvalue weighted by Gasteiger charge is -2.19. The van der Waals surface area contributed by atoms with E-state index >= 15 is 0 Å². The van der Waals surface area contributed by atoms with E-state index in [0.717, 1.165) is 22.4 Å². The van der Waals surface area contributed by atoms with Gasteiger partial charge in [0.2, 0.25) is 0 Å². The molecule has 0 aliphatic rings. The monoisotopic (exact) mass is 333 g/mol. The van der Waals surface area contributed by atoms with E-state index in [0.29, 0.717) is 6.42 Å². The zero-order chi connectivity index (χ0) is 17.6. The number of para-hydroxylation sites is 1. The van der Waals surface area contributed by atoms with Crippen LogP contribution in [0.5, 0.6) is 5.75 Å². The molecular formula is C21H19NO3. The number of phenols is 1. The number of benzene rings is 3. The molecular weight excluding hydrogens is 314 g/mol. The molecule has 0 saturated carbocycles. The molecule has 1 atom stereocenters. The first-order valence-electron chi connectivity index (χ1n) is 8.05. The number of aliphatic carboxylic acids is 1. The molecule has 0 aromatic heterocycles. The number of rotatable bonds is 6. The first-order valence-corrected chi connectivity index (χ1v) is 8.05. The van der Waals surface area contributed by atoms with Gasteiger partial charge in [-0.05, 0) is 29.3 Å². The van der Waals surface area contributed by atoms with Crippen molar-refractivity contribution in [3.63, 3.8) is 0 Å². The molecule has 0 spiro atoms. The fraction of sp³-hybridized carbons (Fsp3) is 0.0952. The summed E-state index contributed by atoms with van der Waals surface area (Å²) in [6, 6.07) is 23.3. The maximum absolute atomic E-state index is 11.7. The number of phenolic OH excluding ortho intramolecular Hbond substituents is 1. The molecule has 3 aromatic carbocycles. The number of carbonyl (C=O) groups is 1. The fourth-order valence-corrected chi connectivity index (χ4v) is 2.73. The van der Waals surface area contributed by atoms with E-state index in [1.165, 1.54) is 0 Å². The number of carboxylic acids is 1. The Bertz CT molecular complexity index is 845. The van der Waals surface area contributed by atoms with Gasteiger partial charge in [-0.2, -0.15) is 0 Å². The van der Waals surface area contributed by atoms with Crippen LogP contribution in [0.25, 0.3) is 11.1 Å². The average Bonchev–Trinajstić information content (AvgIpc) is 2.64. The number of nitrogens with one attached hydrogen (secondary N) is 1. The molecule has 3 aromatic rings. The highest BCUT2D eigenvalue weighted by molar-refractivity contribution is 5.83. The van der Waals surface area contributed by atoms with Gasteiger partial charge in [0, 0.05) is 17.7 Å². The molecule has 0 aliphatic carbocycles. The zero-order valence-electron chi connectivity index (χ0n) is 13.6. The highest BCUT2D eigenvalue weighted by Gasteiger charge is 2.19. The van der Waals surface area contributed by atoms with Crippen LogP contribution >= 0.6 is 0 Å². The minimum atomic E-state index is -0.920. The molecule has 3 rings (SSSR count). The summed E-state index contributed by atoms with van der Waals surface area (Å²) in [5, 5.41) is 22.1. The van der Waals surface area contributed by atoms with Crippen molar-refractivity contribution in [2.75, 3.05) is 5.32 Å². The topological polar surface area (TPSA) is 69.6 Å².